The van der Waals surface area contributed by atoms with Crippen LogP contribution in [-0.4, -0.2) is 49.8 Å². The minimum absolute atomic E-state index is 0.0632. The number of hydrogen-bond donors (Lipinski definition) is 3. The average molecular weight is 433 g/mol. The Labute approximate surface area is 167 Å². The summed E-state index contributed by atoms with van der Waals surface area (Å²) in [5.74, 6) is -3.77. The fraction of sp³-hybridized carbons (Fsp3) is 0.412. The molecule has 1 fully saturated rings. The van der Waals surface area contributed by atoms with Crippen LogP contribution < -0.4 is 5.32 Å². The largest absolute Gasteiger partial charge is 0.490 e. The molecule has 1 amide bonds. The van der Waals surface area contributed by atoms with E-state index >= 15 is 0 Å². The van der Waals surface area contributed by atoms with Gasteiger partial charge in [-0.05, 0) is 36.3 Å². The lowest BCUT2D eigenvalue weighted by Crippen LogP contribution is -2.38. The number of carbonyl (C=O) groups is 3. The molecular weight excluding hydrogens is 415 g/mol. The maximum atomic E-state index is 12.2. The van der Waals surface area contributed by atoms with E-state index in [0.717, 1.165) is 36.2 Å². The van der Waals surface area contributed by atoms with Crippen molar-refractivity contribution in [2.45, 2.75) is 43.9 Å². The predicted octanol–water partition coefficient (Wildman–Crippen LogP) is 2.73. The highest BCUT2D eigenvalue weighted by atomic mass is 32.1. The number of carbonyl (C=O) groups excluding carboxylic acids is 1. The molecule has 158 valence electrons. The Bertz CT molecular complexity index is 851. The number of carboxylic acids is 2. The Morgan fingerprint density at radius 3 is 2.48 bits per heavy atom. The minimum Gasteiger partial charge on any atom is -0.477 e. The van der Waals surface area contributed by atoms with Crippen molar-refractivity contribution >= 4 is 29.2 Å². The summed E-state index contributed by atoms with van der Waals surface area (Å²) in [7, 11) is 0. The number of hydrogen-bond acceptors (Lipinski definition) is 5. The van der Waals surface area contributed by atoms with E-state index in [0.29, 0.717) is 0 Å². The van der Waals surface area contributed by atoms with E-state index < -0.39 is 18.1 Å². The fourth-order valence-electron chi connectivity index (χ4n) is 2.95. The van der Waals surface area contributed by atoms with Crippen LogP contribution >= 0.6 is 11.3 Å². The van der Waals surface area contributed by atoms with Crippen LogP contribution in [0.5, 0.6) is 0 Å². The van der Waals surface area contributed by atoms with E-state index in [2.05, 4.69) is 10.3 Å². The molecule has 0 radical (unpaired) electrons. The highest BCUT2D eigenvalue weighted by molar-refractivity contribution is 7.12. The van der Waals surface area contributed by atoms with Crippen LogP contribution in [0.15, 0.2) is 30.2 Å². The standard InChI is InChI=1S/C15H17N3O3S.C2HF3O2/c19-14(7-10-6-13(15(20)21)22-8-10)17-11-2-1-3-12(11)18-5-4-16-9-18;3-2(4,5)1(6)7/h4-6,8-9,11-12H,1-3,7H2,(H,17,19)(H,20,21);(H,6,7)/t11-,12+;/m1./s1. The van der Waals surface area contributed by atoms with Gasteiger partial charge in [-0.15, -0.1) is 11.3 Å². The van der Waals surface area contributed by atoms with Crippen molar-refractivity contribution in [3.05, 3.63) is 40.6 Å². The van der Waals surface area contributed by atoms with Crippen LogP contribution in [0.3, 0.4) is 0 Å². The Balaban J connectivity index is 0.000000370. The third-order valence-electron chi connectivity index (χ3n) is 4.21. The van der Waals surface area contributed by atoms with E-state index in [1.54, 1.807) is 24.0 Å². The van der Waals surface area contributed by atoms with Crippen LogP contribution in [-0.2, 0) is 16.0 Å². The number of nitrogens with zero attached hydrogens (tertiary/aromatic N) is 2. The van der Waals surface area contributed by atoms with Crippen LogP contribution in [0.2, 0.25) is 0 Å². The molecule has 2 atom stereocenters. The summed E-state index contributed by atoms with van der Waals surface area (Å²) in [4.78, 5) is 36.3. The second-order valence-electron chi connectivity index (χ2n) is 6.29. The molecule has 0 aliphatic heterocycles. The molecule has 2 aromatic heterocycles. The molecule has 3 rings (SSSR count). The SMILES string of the molecule is O=C(Cc1csc(C(=O)O)c1)N[C@@H]1CCC[C@@H]1n1ccnc1.O=C(O)C(F)(F)F. The molecule has 1 aliphatic rings. The van der Waals surface area contributed by atoms with Gasteiger partial charge in [-0.1, -0.05) is 0 Å². The van der Waals surface area contributed by atoms with Gasteiger partial charge in [-0.25, -0.2) is 14.6 Å². The van der Waals surface area contributed by atoms with Crippen molar-refractivity contribution in [2.75, 3.05) is 0 Å². The highest BCUT2D eigenvalue weighted by Gasteiger charge is 2.38. The van der Waals surface area contributed by atoms with Crippen LogP contribution in [0.4, 0.5) is 13.2 Å². The van der Waals surface area contributed by atoms with Gasteiger partial charge in [0.15, 0.2) is 0 Å². The second kappa shape index (κ2) is 9.54. The van der Waals surface area contributed by atoms with Crippen LogP contribution in [0, 0.1) is 0 Å². The van der Waals surface area contributed by atoms with Crippen molar-refractivity contribution in [3.8, 4) is 0 Å². The molecule has 0 saturated heterocycles. The monoisotopic (exact) mass is 433 g/mol. The number of carboxylic acid groups (broad SMARTS) is 2. The van der Waals surface area contributed by atoms with E-state index in [1.807, 2.05) is 10.8 Å². The van der Waals surface area contributed by atoms with Gasteiger partial charge in [0.05, 0.1) is 18.8 Å². The molecule has 2 aromatic rings. The van der Waals surface area contributed by atoms with Gasteiger partial charge in [0.1, 0.15) is 4.88 Å². The highest BCUT2D eigenvalue weighted by Crippen LogP contribution is 2.30. The molecule has 0 spiro atoms. The molecule has 0 unspecified atom stereocenters. The number of alkyl halides is 3. The van der Waals surface area contributed by atoms with Crippen molar-refractivity contribution in [1.82, 2.24) is 14.9 Å². The topological polar surface area (TPSA) is 122 Å². The van der Waals surface area contributed by atoms with E-state index in [9.17, 15) is 22.8 Å². The number of nitrogens with one attached hydrogen (secondary N) is 1. The van der Waals surface area contributed by atoms with Gasteiger partial charge in [0.2, 0.25) is 5.91 Å². The summed E-state index contributed by atoms with van der Waals surface area (Å²) < 4.78 is 33.8. The summed E-state index contributed by atoms with van der Waals surface area (Å²) >= 11 is 1.15. The first kappa shape index (κ1) is 22.4. The smallest absolute Gasteiger partial charge is 0.477 e. The summed E-state index contributed by atoms with van der Waals surface area (Å²) in [6, 6.07) is 1.93. The molecule has 29 heavy (non-hydrogen) atoms. The predicted molar refractivity (Wildman–Crippen MR) is 95.7 cm³/mol. The molecule has 0 aromatic carbocycles. The molecule has 3 N–H and O–H groups in total. The van der Waals surface area contributed by atoms with Crippen LogP contribution in [0.1, 0.15) is 40.5 Å². The Hall–Kier alpha value is -2.89. The second-order valence-corrected chi connectivity index (χ2v) is 7.20. The summed E-state index contributed by atoms with van der Waals surface area (Å²) in [5, 5.41) is 20.8. The number of imidazole rings is 1. The number of aliphatic carboxylic acids is 1. The van der Waals surface area contributed by atoms with E-state index in [1.165, 1.54) is 0 Å². The lowest BCUT2D eigenvalue weighted by atomic mass is 10.1. The summed E-state index contributed by atoms with van der Waals surface area (Å²) in [5.41, 5.74) is 0.747. The average Bonchev–Trinajstić information content (AvgIpc) is 3.35. The van der Waals surface area contributed by atoms with Crippen molar-refractivity contribution in [2.24, 2.45) is 0 Å². The maximum absolute atomic E-state index is 12.2. The zero-order valence-corrected chi connectivity index (χ0v) is 15.7. The molecular formula is C17H18F3N3O5S. The Morgan fingerprint density at radius 2 is 1.97 bits per heavy atom. The van der Waals surface area contributed by atoms with Crippen molar-refractivity contribution in [1.29, 1.82) is 0 Å². The first-order valence-corrected chi connectivity index (χ1v) is 9.33. The van der Waals surface area contributed by atoms with Gasteiger partial charge < -0.3 is 20.1 Å². The van der Waals surface area contributed by atoms with E-state index in [4.69, 9.17) is 15.0 Å². The summed E-state index contributed by atoms with van der Waals surface area (Å²) in [6.07, 6.45) is 3.66. The molecule has 0 bridgehead atoms. The number of thiophene rings is 1. The number of aromatic carboxylic acids is 1. The van der Waals surface area contributed by atoms with Gasteiger partial charge in [-0.3, -0.25) is 4.79 Å². The third-order valence-corrected chi connectivity index (χ3v) is 5.17. The normalized spacial score (nSPS) is 18.6. The fourth-order valence-corrected chi connectivity index (χ4v) is 3.70. The minimum atomic E-state index is -5.08. The first-order valence-electron chi connectivity index (χ1n) is 8.45. The zero-order valence-electron chi connectivity index (χ0n) is 14.9. The Kier molecular flexibility index (Phi) is 7.37. The Morgan fingerprint density at radius 1 is 1.28 bits per heavy atom. The molecule has 1 aliphatic carbocycles. The number of halogens is 3. The first-order chi connectivity index (χ1) is 13.6. The molecule has 8 nitrogen and oxygen atoms in total. The number of amides is 1. The van der Waals surface area contributed by atoms with Gasteiger partial charge >= 0.3 is 18.1 Å². The lowest BCUT2D eigenvalue weighted by molar-refractivity contribution is -0.192. The quantitative estimate of drug-likeness (QED) is 0.667. The maximum Gasteiger partial charge on any atom is 0.490 e. The number of rotatable bonds is 5. The summed E-state index contributed by atoms with van der Waals surface area (Å²) in [6.45, 7) is 0. The molecule has 2 heterocycles. The van der Waals surface area contributed by atoms with Crippen molar-refractivity contribution < 1.29 is 37.8 Å². The lowest BCUT2D eigenvalue weighted by Gasteiger charge is -2.22. The zero-order chi connectivity index (χ0) is 21.6. The van der Waals surface area contributed by atoms with Gasteiger partial charge in [0, 0.05) is 18.4 Å². The third kappa shape index (κ3) is 6.59. The van der Waals surface area contributed by atoms with Crippen LogP contribution in [0.25, 0.3) is 0 Å². The van der Waals surface area contributed by atoms with Gasteiger partial charge in [0.25, 0.3) is 0 Å². The van der Waals surface area contributed by atoms with Gasteiger partial charge in [-0.2, -0.15) is 13.2 Å². The number of aromatic nitrogens is 2. The molecule has 1 saturated carbocycles. The van der Waals surface area contributed by atoms with E-state index in [-0.39, 0.29) is 29.3 Å². The van der Waals surface area contributed by atoms with Crippen molar-refractivity contribution in [3.63, 3.8) is 0 Å². The molecule has 12 heteroatoms.